The first-order valence-electron chi connectivity index (χ1n) is 28.9. The van der Waals surface area contributed by atoms with E-state index < -0.39 is 34.3 Å². The number of benzene rings is 5. The molecule has 1 atom stereocenters. The number of anilines is 1. The molecule has 85 heavy (non-hydrogen) atoms. The Kier molecular flexibility index (Phi) is 33.4. The van der Waals surface area contributed by atoms with Gasteiger partial charge < -0.3 is 38.4 Å². The van der Waals surface area contributed by atoms with Gasteiger partial charge in [-0.3, -0.25) is 19.4 Å². The zero-order chi connectivity index (χ0) is 58.7. The van der Waals surface area contributed by atoms with E-state index in [1.807, 2.05) is 101 Å². The van der Waals surface area contributed by atoms with Crippen LogP contribution in [0.15, 0.2) is 157 Å². The molecule has 456 valence electrons. The Labute approximate surface area is 525 Å². The molecule has 1 unspecified atom stereocenters. The van der Waals surface area contributed by atoms with E-state index in [0.717, 1.165) is 62.6 Å². The van der Waals surface area contributed by atoms with Crippen LogP contribution < -0.4 is 4.90 Å². The number of rotatable bonds is 13. The fourth-order valence-electron chi connectivity index (χ4n) is 10.3. The largest absolute Gasteiger partial charge is 4.00 e. The standard InChI is InChI=1S/C23H30N2O2.C15H21NO2S.2C10H6F2N.2C5H10.2CH3.Ti/c1-4-23(24(2)3,18-19-8-6-5-7-9-19)22(26)20-10-12-21(13-11-20)25-14-16-27-17-15-25;1-15(2,16-8-10-18-11-9-16)14(17)12-4-6-13(19-3)7-5-12;2*11-8-3-4-10(9(12)7-8)13-5-1-2-6-13;2*1-2-4-5-3-1;;;/h5-13H,4,14-18H2,1-3H3;4-7H,8-11H2,1-3H3;2*1-6H;2*1-5H2;2*1H3;/q;;2*-1;;;2*-1;+4. The fraction of sp³-hybridized carbons (Fsp3) is 0.400. The second-order valence-electron chi connectivity index (χ2n) is 21.4. The van der Waals surface area contributed by atoms with Crippen LogP contribution in [0.1, 0.15) is 118 Å². The smallest absolute Gasteiger partial charge is 0.379 e. The molecule has 5 aromatic carbocycles. The van der Waals surface area contributed by atoms with Gasteiger partial charge in [-0.15, -0.1) is 48.2 Å². The summed E-state index contributed by atoms with van der Waals surface area (Å²) in [5, 5.41) is 0. The number of likely N-dealkylation sites (N-methyl/N-ethyl adjacent to an activating group) is 1. The third-order valence-corrected chi connectivity index (χ3v) is 16.1. The normalized spacial score (nSPS) is 15.3. The van der Waals surface area contributed by atoms with Crippen molar-refractivity contribution in [1.82, 2.24) is 18.9 Å². The first-order chi connectivity index (χ1) is 39.7. The van der Waals surface area contributed by atoms with Crippen LogP contribution in [0.4, 0.5) is 23.2 Å². The molecule has 2 aromatic heterocycles. The summed E-state index contributed by atoms with van der Waals surface area (Å²) in [6.45, 7) is 12.5. The van der Waals surface area contributed by atoms with Crippen molar-refractivity contribution in [3.8, 4) is 11.4 Å². The number of Topliss-reactive ketones (excluding diaryl/α,β-unsaturated/α-hetero) is 2. The molecule has 11 rings (SSSR count). The maximum absolute atomic E-state index is 13.6. The first kappa shape index (κ1) is 73.7. The summed E-state index contributed by atoms with van der Waals surface area (Å²) in [5.41, 5.74) is 3.49. The third-order valence-electron chi connectivity index (χ3n) is 15.4. The van der Waals surface area contributed by atoms with Gasteiger partial charge in [0.25, 0.3) is 0 Å². The molecule has 2 saturated carbocycles. The Hall–Kier alpha value is -5.58. The van der Waals surface area contributed by atoms with Gasteiger partial charge in [-0.05, 0) is 149 Å². The average Bonchev–Trinajstić information content (AvgIpc) is 4.59. The summed E-state index contributed by atoms with van der Waals surface area (Å²) in [4.78, 5) is 34.0. The molecule has 2 aliphatic carbocycles. The number of carbonyl (C=O) groups is 2. The minimum absolute atomic E-state index is 0. The van der Waals surface area contributed by atoms with Crippen LogP contribution in [0.2, 0.25) is 0 Å². The molecule has 4 fully saturated rings. The van der Waals surface area contributed by atoms with Crippen molar-refractivity contribution >= 4 is 29.0 Å². The summed E-state index contributed by atoms with van der Waals surface area (Å²) in [5.74, 6) is -2.37. The Morgan fingerprint density at radius 3 is 1.34 bits per heavy atom. The second-order valence-corrected chi connectivity index (χ2v) is 22.2. The summed E-state index contributed by atoms with van der Waals surface area (Å²) in [6.07, 6.45) is 25.2. The number of ketones is 2. The molecule has 9 nitrogen and oxygen atoms in total. The van der Waals surface area contributed by atoms with Crippen molar-refractivity contribution < 1.29 is 58.3 Å². The maximum atomic E-state index is 13.6. The first-order valence-corrected chi connectivity index (χ1v) is 30.1. The molecule has 15 heteroatoms. The zero-order valence-corrected chi connectivity index (χ0v) is 53.7. The summed E-state index contributed by atoms with van der Waals surface area (Å²) >= 11 is 1.69. The number of hydrogen-bond acceptors (Lipinski definition) is 8. The molecule has 4 heterocycles. The van der Waals surface area contributed by atoms with Gasteiger partial charge in [0.05, 0.1) is 37.5 Å². The van der Waals surface area contributed by atoms with E-state index in [1.54, 1.807) is 69.9 Å². The van der Waals surface area contributed by atoms with Crippen molar-refractivity contribution in [3.63, 3.8) is 0 Å². The summed E-state index contributed by atoms with van der Waals surface area (Å²) < 4.78 is 65.1. The van der Waals surface area contributed by atoms with E-state index in [9.17, 15) is 27.2 Å². The van der Waals surface area contributed by atoms with E-state index in [-0.39, 0.29) is 48.1 Å². The Morgan fingerprint density at radius 1 is 0.553 bits per heavy atom. The quantitative estimate of drug-likeness (QED) is 0.0372. The van der Waals surface area contributed by atoms with E-state index in [0.29, 0.717) is 31.0 Å². The van der Waals surface area contributed by atoms with Crippen molar-refractivity contribution in [2.75, 3.05) is 77.9 Å². The SMILES string of the molecule is C1CCCC1.C1CCCC1.CCC(Cc1ccccc1)(C(=O)c1ccc(N2CCOCC2)cc1)N(C)C.CSc1ccc(C(=O)C(C)(C)N2CCOCC2)cc1.Fc1[c-]c(F)c(-n2cccc2)cc1.Fc1[c-]c(F)c(-n2cccc2)cc1.[CH3-].[CH3-].[Ti+4]. The molecule has 7 aromatic rings. The van der Waals surface area contributed by atoms with Crippen LogP contribution in [0.3, 0.4) is 0 Å². The van der Waals surface area contributed by atoms with Crippen LogP contribution in [-0.2, 0) is 37.6 Å². The number of halogens is 4. The second kappa shape index (κ2) is 38.6. The fourth-order valence-corrected chi connectivity index (χ4v) is 10.7. The molecular weight excluding hydrogens is 1130 g/mol. The zero-order valence-electron chi connectivity index (χ0n) is 51.4. The predicted octanol–water partition coefficient (Wildman–Crippen LogP) is 16.3. The van der Waals surface area contributed by atoms with Gasteiger partial charge >= 0.3 is 21.7 Å². The number of nitrogens with zero attached hydrogens (tertiary/aromatic N) is 5. The predicted molar refractivity (Wildman–Crippen MR) is 338 cm³/mol. The third kappa shape index (κ3) is 22.6. The molecule has 0 amide bonds. The van der Waals surface area contributed by atoms with E-state index >= 15 is 0 Å². The Bertz CT molecular complexity index is 2820. The van der Waals surface area contributed by atoms with Crippen LogP contribution in [-0.4, -0.2) is 115 Å². The van der Waals surface area contributed by atoms with Crippen LogP contribution in [0.25, 0.3) is 11.4 Å². The van der Waals surface area contributed by atoms with Gasteiger partial charge in [-0.25, -0.2) is 17.6 Å². The topological polar surface area (TPSA) is 72.2 Å². The Morgan fingerprint density at radius 2 is 0.953 bits per heavy atom. The van der Waals surface area contributed by atoms with Gasteiger partial charge in [-0.1, -0.05) is 114 Å². The number of carbonyl (C=O) groups excluding carboxylic acids is 2. The van der Waals surface area contributed by atoms with Gasteiger partial charge in [0, 0.05) is 71.2 Å². The minimum atomic E-state index is -0.687. The average molecular weight is 1220 g/mol. The van der Waals surface area contributed by atoms with E-state index in [4.69, 9.17) is 9.47 Å². The summed E-state index contributed by atoms with van der Waals surface area (Å²) in [7, 11) is 4.01. The van der Waals surface area contributed by atoms with E-state index in [2.05, 4.69) is 45.9 Å². The van der Waals surface area contributed by atoms with Gasteiger partial charge in [0.1, 0.15) is 0 Å². The number of aromatic nitrogens is 2. The van der Waals surface area contributed by atoms with Crippen molar-refractivity contribution in [2.45, 2.75) is 114 Å². The molecule has 0 N–H and O–H groups in total. The molecule has 0 bridgehead atoms. The van der Waals surface area contributed by atoms with Crippen molar-refractivity contribution in [1.29, 1.82) is 0 Å². The molecule has 0 radical (unpaired) electrons. The van der Waals surface area contributed by atoms with Gasteiger partial charge in [0.15, 0.2) is 11.6 Å². The van der Waals surface area contributed by atoms with Gasteiger partial charge in [0.2, 0.25) is 0 Å². The van der Waals surface area contributed by atoms with Gasteiger partial charge in [-0.2, -0.15) is 0 Å². The summed E-state index contributed by atoms with van der Waals surface area (Å²) in [6, 6.07) is 42.4. The Balaban J connectivity index is 0.000000286. The number of morpholine rings is 2. The monoisotopic (exact) mass is 1220 g/mol. The molecule has 0 spiro atoms. The molecule has 2 saturated heterocycles. The van der Waals surface area contributed by atoms with Crippen LogP contribution in [0.5, 0.6) is 0 Å². The van der Waals surface area contributed by atoms with Crippen LogP contribution in [0, 0.1) is 50.3 Å². The molecule has 2 aliphatic heterocycles. The van der Waals surface area contributed by atoms with Crippen LogP contribution >= 0.6 is 11.8 Å². The van der Waals surface area contributed by atoms with Crippen molar-refractivity contribution in [3.05, 3.63) is 219 Å². The number of thioether (sulfide) groups is 1. The maximum Gasteiger partial charge on any atom is 4.00 e. The van der Waals surface area contributed by atoms with Crippen molar-refractivity contribution in [2.24, 2.45) is 0 Å². The number of hydrogen-bond donors (Lipinski definition) is 0. The van der Waals surface area contributed by atoms with E-state index in [1.165, 1.54) is 98.9 Å². The molecular formula is C70H89F4N5O4STi. The minimum Gasteiger partial charge on any atom is -0.379 e. The number of ether oxygens (including phenoxy) is 2. The molecule has 4 aliphatic rings.